The number of aromatic carboxylic acids is 2. The Balaban J connectivity index is 1.29. The molecule has 0 fully saturated rings. The Hall–Kier alpha value is -8.36. The van der Waals surface area contributed by atoms with Crippen LogP contribution < -0.4 is 0 Å². The Morgan fingerprint density at radius 1 is 0.350 bits per heavy atom. The molecule has 10 rings (SSSR count). The summed E-state index contributed by atoms with van der Waals surface area (Å²) in [5.41, 5.74) is 15.3. The van der Waals surface area contributed by atoms with Crippen LogP contribution in [0.2, 0.25) is 0 Å². The van der Waals surface area contributed by atoms with Gasteiger partial charge in [0.1, 0.15) is 0 Å². The number of aromatic nitrogens is 4. The van der Waals surface area contributed by atoms with Gasteiger partial charge >= 0.3 is 11.9 Å². The Morgan fingerprint density at radius 3 is 0.967 bits per heavy atom. The minimum atomic E-state index is -1.20. The quantitative estimate of drug-likeness (QED) is 0.127. The first-order valence-corrected chi connectivity index (χ1v) is 19.4. The van der Waals surface area contributed by atoms with Gasteiger partial charge in [0, 0.05) is 44.3 Å². The van der Waals surface area contributed by atoms with Gasteiger partial charge in [0.2, 0.25) is 0 Å². The van der Waals surface area contributed by atoms with Crippen LogP contribution in [0, 0.1) is 0 Å². The van der Waals surface area contributed by atoms with E-state index in [1.807, 2.05) is 91.0 Å². The molecule has 3 aromatic heterocycles. The third kappa shape index (κ3) is 6.58. The van der Waals surface area contributed by atoms with E-state index in [4.69, 9.17) is 9.97 Å². The number of hydrogen-bond donors (Lipinski definition) is 4. The number of carbonyl (C=O) groups is 2. The molecule has 2 aliphatic rings. The maximum absolute atomic E-state index is 11.9. The van der Waals surface area contributed by atoms with Crippen molar-refractivity contribution in [3.8, 4) is 55.6 Å². The molecular formula is C52H34N4O4. The highest BCUT2D eigenvalue weighted by molar-refractivity contribution is 6.00. The average molecular weight is 779 g/mol. The monoisotopic (exact) mass is 778 g/mol. The number of nitrogens with one attached hydrogen (secondary N) is 2. The summed E-state index contributed by atoms with van der Waals surface area (Å²) in [5.74, 6) is -2.40. The zero-order chi connectivity index (χ0) is 40.7. The van der Waals surface area contributed by atoms with E-state index in [0.717, 1.165) is 89.4 Å². The van der Waals surface area contributed by atoms with Crippen LogP contribution in [-0.4, -0.2) is 42.1 Å². The molecule has 0 amide bonds. The van der Waals surface area contributed by atoms with Crippen LogP contribution in [0.4, 0.5) is 0 Å². The minimum absolute atomic E-state index is 0.0981. The van der Waals surface area contributed by atoms with Crippen molar-refractivity contribution in [1.29, 1.82) is 0 Å². The van der Waals surface area contributed by atoms with Gasteiger partial charge in [-0.25, -0.2) is 19.6 Å². The summed E-state index contributed by atoms with van der Waals surface area (Å²) in [6, 6.07) is 51.0. The molecule has 0 saturated carbocycles. The number of carboxylic acids is 2. The SMILES string of the molecule is O=C(O)c1cc(C(=O)O)cc(-c2ccc(-c3c4nc(c(-c5ccccc5)c5ccc([nH]5)c(-c5ccccc5)c5nc(c(-c6ccccc6)c6ccc3[nH]6)C=C5)C=C4)cc2)c1. The zero-order valence-electron chi connectivity index (χ0n) is 31.9. The van der Waals surface area contributed by atoms with Gasteiger partial charge in [0.05, 0.1) is 33.9 Å². The topological polar surface area (TPSA) is 132 Å². The van der Waals surface area contributed by atoms with Gasteiger partial charge in [-0.05, 0) is 100 Å². The molecule has 0 spiro atoms. The Bertz CT molecular complexity index is 3170. The molecule has 8 heteroatoms. The van der Waals surface area contributed by atoms with Crippen molar-refractivity contribution in [2.24, 2.45) is 0 Å². The predicted molar refractivity (Wildman–Crippen MR) is 240 cm³/mol. The summed E-state index contributed by atoms with van der Waals surface area (Å²) < 4.78 is 0. The lowest BCUT2D eigenvalue weighted by Gasteiger charge is -2.09. The molecule has 2 aliphatic heterocycles. The van der Waals surface area contributed by atoms with Gasteiger partial charge in [-0.3, -0.25) is 0 Å². The van der Waals surface area contributed by atoms with Crippen molar-refractivity contribution in [3.63, 3.8) is 0 Å². The third-order valence-electron chi connectivity index (χ3n) is 10.9. The summed E-state index contributed by atoms with van der Waals surface area (Å²) in [7, 11) is 0. The third-order valence-corrected chi connectivity index (χ3v) is 10.9. The summed E-state index contributed by atoms with van der Waals surface area (Å²) in [4.78, 5) is 42.1. The van der Waals surface area contributed by atoms with Crippen molar-refractivity contribution < 1.29 is 19.8 Å². The molecular weight excluding hydrogens is 745 g/mol. The molecule has 60 heavy (non-hydrogen) atoms. The lowest BCUT2D eigenvalue weighted by atomic mass is 9.96. The first kappa shape index (κ1) is 36.0. The fourth-order valence-corrected chi connectivity index (χ4v) is 8.11. The van der Waals surface area contributed by atoms with Crippen LogP contribution in [-0.2, 0) is 0 Å². The second kappa shape index (κ2) is 14.9. The molecule has 8 aromatic rings. The van der Waals surface area contributed by atoms with Crippen LogP contribution in [0.25, 0.3) is 102 Å². The highest BCUT2D eigenvalue weighted by Gasteiger charge is 2.19. The summed E-state index contributed by atoms with van der Waals surface area (Å²) in [6.45, 7) is 0. The van der Waals surface area contributed by atoms with Gasteiger partial charge in [0.25, 0.3) is 0 Å². The van der Waals surface area contributed by atoms with Crippen LogP contribution in [0.1, 0.15) is 43.5 Å². The van der Waals surface area contributed by atoms with Crippen LogP contribution in [0.15, 0.2) is 158 Å². The van der Waals surface area contributed by atoms with E-state index in [2.05, 4.69) is 82.8 Å². The van der Waals surface area contributed by atoms with Crippen molar-refractivity contribution in [2.75, 3.05) is 0 Å². The fraction of sp³-hybridized carbons (Fsp3) is 0. The van der Waals surface area contributed by atoms with Crippen molar-refractivity contribution in [2.45, 2.75) is 0 Å². The molecule has 0 atom stereocenters. The van der Waals surface area contributed by atoms with E-state index in [9.17, 15) is 19.8 Å². The van der Waals surface area contributed by atoms with E-state index < -0.39 is 11.9 Å². The number of nitrogens with zero attached hydrogens (tertiary/aromatic N) is 2. The number of H-pyrrole nitrogens is 2. The van der Waals surface area contributed by atoms with Gasteiger partial charge in [-0.15, -0.1) is 0 Å². The predicted octanol–water partition coefficient (Wildman–Crippen LogP) is 12.4. The van der Waals surface area contributed by atoms with Crippen LogP contribution in [0.5, 0.6) is 0 Å². The van der Waals surface area contributed by atoms with Crippen LogP contribution in [0.3, 0.4) is 0 Å². The van der Waals surface area contributed by atoms with Crippen LogP contribution >= 0.6 is 0 Å². The molecule has 8 nitrogen and oxygen atoms in total. The normalized spacial score (nSPS) is 11.8. The van der Waals surface area contributed by atoms with Gasteiger partial charge in [0.15, 0.2) is 0 Å². The lowest BCUT2D eigenvalue weighted by Crippen LogP contribution is -2.03. The summed E-state index contributed by atoms with van der Waals surface area (Å²) in [6.07, 6.45) is 8.24. The van der Waals surface area contributed by atoms with Gasteiger partial charge in [-0.2, -0.15) is 0 Å². The lowest BCUT2D eigenvalue weighted by molar-refractivity contribution is 0.0696. The van der Waals surface area contributed by atoms with Crippen molar-refractivity contribution in [3.05, 3.63) is 192 Å². The van der Waals surface area contributed by atoms with E-state index in [0.29, 0.717) is 11.1 Å². The number of rotatable bonds is 7. The molecule has 0 radical (unpaired) electrons. The second-order valence-corrected chi connectivity index (χ2v) is 14.6. The Labute approximate surface area is 344 Å². The first-order chi connectivity index (χ1) is 29.4. The summed E-state index contributed by atoms with van der Waals surface area (Å²) >= 11 is 0. The van der Waals surface area contributed by atoms with E-state index >= 15 is 0 Å². The summed E-state index contributed by atoms with van der Waals surface area (Å²) in [5, 5.41) is 19.5. The van der Waals surface area contributed by atoms with Crippen molar-refractivity contribution >= 4 is 58.3 Å². The van der Waals surface area contributed by atoms with E-state index in [1.54, 1.807) is 0 Å². The Morgan fingerprint density at radius 2 is 0.650 bits per heavy atom. The average Bonchev–Trinajstić information content (AvgIpc) is 4.13. The first-order valence-electron chi connectivity index (χ1n) is 19.4. The maximum atomic E-state index is 11.9. The minimum Gasteiger partial charge on any atom is -0.478 e. The largest absolute Gasteiger partial charge is 0.478 e. The number of fused-ring (bicyclic) bond motifs is 8. The smallest absolute Gasteiger partial charge is 0.335 e. The fourth-order valence-electron chi connectivity index (χ4n) is 8.11. The number of benzene rings is 5. The van der Waals surface area contributed by atoms with Gasteiger partial charge < -0.3 is 20.2 Å². The molecule has 286 valence electrons. The maximum Gasteiger partial charge on any atom is 0.335 e. The molecule has 4 N–H and O–H groups in total. The number of aromatic amines is 2. The number of hydrogen-bond acceptors (Lipinski definition) is 4. The molecule has 8 bridgehead atoms. The number of carboxylic acid groups (broad SMARTS) is 2. The Kier molecular flexibility index (Phi) is 8.92. The zero-order valence-corrected chi connectivity index (χ0v) is 31.9. The molecule has 5 heterocycles. The molecule has 0 saturated heterocycles. The second-order valence-electron chi connectivity index (χ2n) is 14.6. The van der Waals surface area contributed by atoms with E-state index in [-0.39, 0.29) is 11.1 Å². The molecule has 5 aromatic carbocycles. The highest BCUT2D eigenvalue weighted by atomic mass is 16.4. The highest BCUT2D eigenvalue weighted by Crippen LogP contribution is 2.39. The molecule has 0 aliphatic carbocycles. The van der Waals surface area contributed by atoms with E-state index in [1.165, 1.54) is 18.2 Å². The van der Waals surface area contributed by atoms with Crippen molar-refractivity contribution in [1.82, 2.24) is 19.9 Å². The molecule has 0 unspecified atom stereocenters. The standard InChI is InChI=1S/C52H34N4O4/c57-51(58)37-28-36(29-38(30-37)52(59)60)31-16-18-35(19-17-31)50-45-26-24-43(55-45)48(33-12-6-2-7-13-33)41-22-20-39(53-41)47(32-10-4-1-5-11-32)40-21-23-42(54-40)49(34-14-8-3-9-15-34)44-25-27-46(50)56-44/h1-30,53,56H,(H,57,58)(H,59,60). The van der Waals surface area contributed by atoms with Gasteiger partial charge in [-0.1, -0.05) is 115 Å².